The Hall–Kier alpha value is -3.36. The number of anilines is 3. The maximum Gasteiger partial charge on any atom is 0.274 e. The number of hydrogen-bond donors (Lipinski definition) is 2. The third-order valence-electron chi connectivity index (χ3n) is 3.81. The van der Waals surface area contributed by atoms with Crippen LogP contribution in [0.5, 0.6) is 0 Å². The molecule has 0 bridgehead atoms. The van der Waals surface area contributed by atoms with Crippen LogP contribution in [0, 0.1) is 18.3 Å². The number of benzene rings is 2. The number of rotatable bonds is 4. The monoisotopic (exact) mass is 362 g/mol. The number of nitriles is 1. The highest BCUT2D eigenvalue weighted by Crippen LogP contribution is 2.25. The van der Waals surface area contributed by atoms with E-state index in [1.807, 2.05) is 31.2 Å². The van der Waals surface area contributed by atoms with Gasteiger partial charge in [0.1, 0.15) is 5.69 Å². The molecule has 3 rings (SSSR count). The third kappa shape index (κ3) is 4.00. The van der Waals surface area contributed by atoms with E-state index < -0.39 is 0 Å². The Morgan fingerprint density at radius 1 is 1.08 bits per heavy atom. The number of hydrogen-bond acceptors (Lipinski definition) is 4. The molecule has 0 saturated carbocycles. The minimum absolute atomic E-state index is 0.294. The zero-order chi connectivity index (χ0) is 18.5. The van der Waals surface area contributed by atoms with Gasteiger partial charge in [0, 0.05) is 16.4 Å². The lowest BCUT2D eigenvalue weighted by molar-refractivity contribution is 0.102. The summed E-state index contributed by atoms with van der Waals surface area (Å²) in [6, 6.07) is 17.7. The van der Waals surface area contributed by atoms with Crippen LogP contribution < -0.4 is 10.6 Å². The minimum atomic E-state index is -0.319. The molecule has 0 saturated heterocycles. The molecule has 5 nitrogen and oxygen atoms in total. The summed E-state index contributed by atoms with van der Waals surface area (Å²) in [4.78, 5) is 16.5. The molecule has 0 aliphatic heterocycles. The van der Waals surface area contributed by atoms with Crippen molar-refractivity contribution in [2.75, 3.05) is 10.6 Å². The summed E-state index contributed by atoms with van der Waals surface area (Å²) in [6.07, 6.45) is 1.59. The number of nitrogens with zero attached hydrogens (tertiary/aromatic N) is 2. The summed E-state index contributed by atoms with van der Waals surface area (Å²) in [5.41, 5.74) is 4.01. The van der Waals surface area contributed by atoms with E-state index in [2.05, 4.69) is 15.6 Å². The number of carbonyl (C=O) groups is 1. The summed E-state index contributed by atoms with van der Waals surface area (Å²) in [5.74, 6) is -0.319. The first-order valence-electron chi connectivity index (χ1n) is 7.86. The van der Waals surface area contributed by atoms with Crippen LogP contribution in [0.1, 0.15) is 21.6 Å². The van der Waals surface area contributed by atoms with Crippen LogP contribution in [0.2, 0.25) is 5.02 Å². The summed E-state index contributed by atoms with van der Waals surface area (Å²) in [7, 11) is 0. The highest BCUT2D eigenvalue weighted by atomic mass is 35.5. The van der Waals surface area contributed by atoms with E-state index in [0.717, 1.165) is 16.9 Å². The molecular weight excluding hydrogens is 348 g/mol. The van der Waals surface area contributed by atoms with Crippen molar-refractivity contribution in [2.45, 2.75) is 6.92 Å². The average Bonchev–Trinajstić information content (AvgIpc) is 2.66. The van der Waals surface area contributed by atoms with Gasteiger partial charge in [-0.25, -0.2) is 4.98 Å². The number of aromatic nitrogens is 1. The maximum atomic E-state index is 12.3. The maximum absolute atomic E-state index is 12.3. The normalized spacial score (nSPS) is 10.0. The van der Waals surface area contributed by atoms with E-state index in [1.54, 1.807) is 42.6 Å². The van der Waals surface area contributed by atoms with Crippen molar-refractivity contribution in [1.29, 1.82) is 5.26 Å². The van der Waals surface area contributed by atoms with Gasteiger partial charge in [-0.15, -0.1) is 0 Å². The summed E-state index contributed by atoms with van der Waals surface area (Å²) < 4.78 is 0. The zero-order valence-corrected chi connectivity index (χ0v) is 14.7. The van der Waals surface area contributed by atoms with E-state index in [0.29, 0.717) is 22.0 Å². The van der Waals surface area contributed by atoms with E-state index in [1.165, 1.54) is 0 Å². The van der Waals surface area contributed by atoms with Gasteiger partial charge in [-0.1, -0.05) is 17.7 Å². The molecule has 26 heavy (non-hydrogen) atoms. The molecule has 1 aromatic heterocycles. The van der Waals surface area contributed by atoms with Crippen LogP contribution in [-0.2, 0) is 0 Å². The molecule has 6 heteroatoms. The van der Waals surface area contributed by atoms with Gasteiger partial charge in [-0.05, 0) is 61.0 Å². The Labute approximate surface area is 156 Å². The molecule has 0 aliphatic rings. The predicted molar refractivity (Wildman–Crippen MR) is 103 cm³/mol. The molecular formula is C20H15ClN4O. The highest BCUT2D eigenvalue weighted by molar-refractivity contribution is 6.31. The van der Waals surface area contributed by atoms with Gasteiger partial charge in [-0.3, -0.25) is 4.79 Å². The van der Waals surface area contributed by atoms with E-state index in [9.17, 15) is 4.79 Å². The van der Waals surface area contributed by atoms with Crippen LogP contribution in [0.3, 0.4) is 0 Å². The van der Waals surface area contributed by atoms with Crippen LogP contribution in [-0.4, -0.2) is 10.9 Å². The number of pyridine rings is 1. The fraction of sp³-hybridized carbons (Fsp3) is 0.0500. The molecule has 0 atom stereocenters. The van der Waals surface area contributed by atoms with Crippen molar-refractivity contribution in [3.63, 3.8) is 0 Å². The second-order valence-corrected chi connectivity index (χ2v) is 6.02. The van der Waals surface area contributed by atoms with E-state index >= 15 is 0 Å². The second-order valence-electron chi connectivity index (χ2n) is 5.61. The molecule has 128 valence electrons. The average molecular weight is 363 g/mol. The molecule has 0 unspecified atom stereocenters. The summed E-state index contributed by atoms with van der Waals surface area (Å²) in [6.45, 7) is 1.93. The molecule has 1 amide bonds. The zero-order valence-electron chi connectivity index (χ0n) is 14.0. The molecule has 2 N–H and O–H groups in total. The van der Waals surface area contributed by atoms with Crippen molar-refractivity contribution in [1.82, 2.24) is 4.98 Å². The third-order valence-corrected chi connectivity index (χ3v) is 4.22. The molecule has 0 spiro atoms. The first kappa shape index (κ1) is 17.5. The van der Waals surface area contributed by atoms with Crippen LogP contribution in [0.25, 0.3) is 0 Å². The van der Waals surface area contributed by atoms with Gasteiger partial charge in [0.25, 0.3) is 5.91 Å². The lowest BCUT2D eigenvalue weighted by atomic mass is 10.2. The van der Waals surface area contributed by atoms with Crippen LogP contribution >= 0.6 is 11.6 Å². The first-order valence-corrected chi connectivity index (χ1v) is 8.24. The van der Waals surface area contributed by atoms with Gasteiger partial charge in [0.15, 0.2) is 0 Å². The lowest BCUT2D eigenvalue weighted by Gasteiger charge is -2.11. The number of halogens is 1. The SMILES string of the molecule is Cc1c(Cl)cccc1Nc1ccc(C(=O)Nc2ccc(C#N)cc2)nc1. The lowest BCUT2D eigenvalue weighted by Crippen LogP contribution is -2.13. The van der Waals surface area contributed by atoms with Gasteiger partial charge in [-0.2, -0.15) is 5.26 Å². The standard InChI is InChI=1S/C20H15ClN4O/c1-13-17(21)3-2-4-18(13)24-16-9-10-19(23-12-16)20(26)25-15-7-5-14(11-22)6-8-15/h2-10,12,24H,1H3,(H,25,26). The Kier molecular flexibility index (Phi) is 5.16. The van der Waals surface area contributed by atoms with Crippen molar-refractivity contribution >= 4 is 34.6 Å². The van der Waals surface area contributed by atoms with Crippen molar-refractivity contribution in [3.8, 4) is 6.07 Å². The predicted octanol–water partition coefficient (Wildman–Crippen LogP) is 4.91. The fourth-order valence-electron chi connectivity index (χ4n) is 2.32. The van der Waals surface area contributed by atoms with Gasteiger partial charge in [0.05, 0.1) is 23.5 Å². The van der Waals surface area contributed by atoms with Crippen molar-refractivity contribution in [3.05, 3.63) is 82.6 Å². The van der Waals surface area contributed by atoms with E-state index in [4.69, 9.17) is 16.9 Å². The Bertz CT molecular complexity index is 976. The van der Waals surface area contributed by atoms with Crippen molar-refractivity contribution in [2.24, 2.45) is 0 Å². The van der Waals surface area contributed by atoms with Crippen LogP contribution in [0.15, 0.2) is 60.8 Å². The van der Waals surface area contributed by atoms with Crippen LogP contribution in [0.4, 0.5) is 17.1 Å². The topological polar surface area (TPSA) is 77.8 Å². The Balaban J connectivity index is 1.69. The smallest absolute Gasteiger partial charge is 0.274 e. The van der Waals surface area contributed by atoms with Gasteiger partial charge in [0.2, 0.25) is 0 Å². The molecule has 2 aromatic carbocycles. The Morgan fingerprint density at radius 3 is 2.46 bits per heavy atom. The Morgan fingerprint density at radius 2 is 1.81 bits per heavy atom. The minimum Gasteiger partial charge on any atom is -0.354 e. The molecule has 0 aliphatic carbocycles. The first-order chi connectivity index (χ1) is 12.6. The number of nitrogens with one attached hydrogen (secondary N) is 2. The number of carbonyl (C=O) groups excluding carboxylic acids is 1. The van der Waals surface area contributed by atoms with Gasteiger partial charge >= 0.3 is 0 Å². The highest BCUT2D eigenvalue weighted by Gasteiger charge is 2.08. The number of amides is 1. The van der Waals surface area contributed by atoms with Gasteiger partial charge < -0.3 is 10.6 Å². The fourth-order valence-corrected chi connectivity index (χ4v) is 2.50. The molecule has 1 heterocycles. The largest absolute Gasteiger partial charge is 0.354 e. The molecule has 3 aromatic rings. The van der Waals surface area contributed by atoms with E-state index in [-0.39, 0.29) is 5.91 Å². The van der Waals surface area contributed by atoms with Crippen molar-refractivity contribution < 1.29 is 4.79 Å². The summed E-state index contributed by atoms with van der Waals surface area (Å²) >= 11 is 6.12. The second kappa shape index (κ2) is 7.68. The summed E-state index contributed by atoms with van der Waals surface area (Å²) in [5, 5.41) is 15.5. The molecule has 0 radical (unpaired) electrons. The molecule has 0 fully saturated rings. The quantitative estimate of drug-likeness (QED) is 0.691.